The molecule has 1 aliphatic rings. The fourth-order valence-electron chi connectivity index (χ4n) is 2.71. The lowest BCUT2D eigenvalue weighted by Gasteiger charge is -2.08. The molecule has 19 heavy (non-hydrogen) atoms. The number of rotatable bonds is 6. The number of hydrogen-bond donors (Lipinski definition) is 0. The maximum atomic E-state index is 12.2. The summed E-state index contributed by atoms with van der Waals surface area (Å²) in [6.45, 7) is 8.02. The second kappa shape index (κ2) is 6.62. The van der Waals surface area contributed by atoms with Crippen LogP contribution in [0.3, 0.4) is 0 Å². The summed E-state index contributed by atoms with van der Waals surface area (Å²) in [5.41, 5.74) is 3.16. The predicted molar refractivity (Wildman–Crippen MR) is 80.2 cm³/mol. The number of aryl methyl sites for hydroxylation is 1. The summed E-state index contributed by atoms with van der Waals surface area (Å²) in [6.07, 6.45) is 2.67. The van der Waals surface area contributed by atoms with Crippen LogP contribution < -0.4 is 0 Å². The lowest BCUT2D eigenvalue weighted by atomic mass is 10.2. The Morgan fingerprint density at radius 1 is 1.53 bits per heavy atom. The van der Waals surface area contributed by atoms with Crippen LogP contribution in [-0.2, 0) is 11.3 Å². The Labute approximate surface area is 119 Å². The fraction of sp³-hybridized carbons (Fsp3) is 0.667. The van der Waals surface area contributed by atoms with Crippen molar-refractivity contribution in [3.05, 3.63) is 23.0 Å². The minimum absolute atomic E-state index is 0.246. The van der Waals surface area contributed by atoms with E-state index >= 15 is 0 Å². The van der Waals surface area contributed by atoms with E-state index in [1.54, 1.807) is 11.8 Å². The van der Waals surface area contributed by atoms with E-state index in [1.165, 1.54) is 5.69 Å². The van der Waals surface area contributed by atoms with Gasteiger partial charge in [-0.2, -0.15) is 11.8 Å². The summed E-state index contributed by atoms with van der Waals surface area (Å²) in [6, 6.07) is 2.02. The van der Waals surface area contributed by atoms with Gasteiger partial charge in [-0.25, -0.2) is 0 Å². The van der Waals surface area contributed by atoms with Crippen LogP contribution in [0.2, 0.25) is 0 Å². The number of carbonyl (C=O) groups is 1. The van der Waals surface area contributed by atoms with Crippen molar-refractivity contribution in [3.63, 3.8) is 0 Å². The van der Waals surface area contributed by atoms with Crippen LogP contribution in [0, 0.1) is 13.8 Å². The molecule has 0 aromatic carbocycles. The van der Waals surface area contributed by atoms with Gasteiger partial charge in [0.05, 0.1) is 11.9 Å². The van der Waals surface area contributed by atoms with E-state index in [-0.39, 0.29) is 5.78 Å². The molecule has 0 spiro atoms. The molecule has 0 amide bonds. The Balaban J connectivity index is 1.88. The molecule has 4 heteroatoms. The predicted octanol–water partition coefficient (Wildman–Crippen LogP) is 3.22. The van der Waals surface area contributed by atoms with Crippen LogP contribution in [0.1, 0.15) is 41.5 Å². The number of ketones is 1. The smallest absolute Gasteiger partial charge is 0.174 e. The maximum absolute atomic E-state index is 12.2. The molecule has 2 rings (SSSR count). The van der Waals surface area contributed by atoms with Crippen LogP contribution in [0.25, 0.3) is 0 Å². The number of thioether (sulfide) groups is 1. The molecule has 1 unspecified atom stereocenters. The van der Waals surface area contributed by atoms with Gasteiger partial charge in [-0.1, -0.05) is 0 Å². The molecule has 0 N–H and O–H groups in total. The average Bonchev–Trinajstić information content (AvgIpc) is 2.98. The standard InChI is InChI=1S/C15H23NO2S/c1-4-16-11(2)8-14(12(16)3)15(17)10-19-9-13-6-5-7-18-13/h8,13H,4-7,9-10H2,1-3H3. The number of Topliss-reactive ketones (excluding diaryl/α,β-unsaturated/α-hetero) is 1. The van der Waals surface area contributed by atoms with Crippen molar-refractivity contribution >= 4 is 17.5 Å². The molecule has 0 bridgehead atoms. The highest BCUT2D eigenvalue weighted by Gasteiger charge is 2.18. The van der Waals surface area contributed by atoms with Gasteiger partial charge < -0.3 is 9.30 Å². The highest BCUT2D eigenvalue weighted by molar-refractivity contribution is 8.00. The third-order valence-corrected chi connectivity index (χ3v) is 4.82. The summed E-state index contributed by atoms with van der Waals surface area (Å²) in [5.74, 6) is 1.75. The fourth-order valence-corrected chi connectivity index (χ4v) is 3.69. The normalized spacial score (nSPS) is 19.0. The van der Waals surface area contributed by atoms with Gasteiger partial charge in [-0.05, 0) is 39.7 Å². The average molecular weight is 281 g/mol. The number of aromatic nitrogens is 1. The van der Waals surface area contributed by atoms with E-state index in [1.807, 2.05) is 13.0 Å². The molecular formula is C15H23NO2S. The lowest BCUT2D eigenvalue weighted by Crippen LogP contribution is -2.11. The molecule has 3 nitrogen and oxygen atoms in total. The van der Waals surface area contributed by atoms with Crippen LogP contribution in [0.15, 0.2) is 6.07 Å². The van der Waals surface area contributed by atoms with E-state index in [9.17, 15) is 4.79 Å². The Morgan fingerprint density at radius 2 is 2.32 bits per heavy atom. The van der Waals surface area contributed by atoms with Crippen LogP contribution in [0.5, 0.6) is 0 Å². The summed E-state index contributed by atoms with van der Waals surface area (Å²) >= 11 is 1.70. The quantitative estimate of drug-likeness (QED) is 0.750. The first-order valence-electron chi connectivity index (χ1n) is 7.02. The molecule has 1 fully saturated rings. The van der Waals surface area contributed by atoms with Gasteiger partial charge in [-0.3, -0.25) is 4.79 Å². The van der Waals surface area contributed by atoms with Gasteiger partial charge in [0, 0.05) is 35.9 Å². The van der Waals surface area contributed by atoms with Gasteiger partial charge in [0.1, 0.15) is 0 Å². The SMILES string of the molecule is CCn1c(C)cc(C(=O)CSCC2CCCO2)c1C. The van der Waals surface area contributed by atoms with E-state index in [0.717, 1.165) is 43.0 Å². The van der Waals surface area contributed by atoms with E-state index in [2.05, 4.69) is 18.4 Å². The monoisotopic (exact) mass is 281 g/mol. The molecule has 1 saturated heterocycles. The maximum Gasteiger partial charge on any atom is 0.174 e. The highest BCUT2D eigenvalue weighted by Crippen LogP contribution is 2.20. The molecule has 0 aliphatic carbocycles. The van der Waals surface area contributed by atoms with E-state index in [4.69, 9.17) is 4.74 Å². The number of nitrogens with zero attached hydrogens (tertiary/aromatic N) is 1. The second-order valence-corrected chi connectivity index (χ2v) is 6.13. The summed E-state index contributed by atoms with van der Waals surface area (Å²) in [7, 11) is 0. The van der Waals surface area contributed by atoms with Gasteiger partial charge in [0.15, 0.2) is 5.78 Å². The van der Waals surface area contributed by atoms with Gasteiger partial charge in [0.25, 0.3) is 0 Å². The van der Waals surface area contributed by atoms with Gasteiger partial charge >= 0.3 is 0 Å². The number of carbonyl (C=O) groups excluding carboxylic acids is 1. The van der Waals surface area contributed by atoms with Crippen LogP contribution >= 0.6 is 11.8 Å². The minimum atomic E-state index is 0.246. The topological polar surface area (TPSA) is 31.2 Å². The molecule has 0 radical (unpaired) electrons. The second-order valence-electron chi connectivity index (χ2n) is 5.10. The molecular weight excluding hydrogens is 258 g/mol. The zero-order valence-electron chi connectivity index (χ0n) is 12.1. The third-order valence-electron chi connectivity index (χ3n) is 3.75. The van der Waals surface area contributed by atoms with Crippen molar-refractivity contribution < 1.29 is 9.53 Å². The molecule has 0 saturated carbocycles. The van der Waals surface area contributed by atoms with Crippen LogP contribution in [0.4, 0.5) is 0 Å². The first-order chi connectivity index (χ1) is 9.13. The van der Waals surface area contributed by atoms with E-state index < -0.39 is 0 Å². The minimum Gasteiger partial charge on any atom is -0.377 e. The highest BCUT2D eigenvalue weighted by atomic mass is 32.2. The summed E-state index contributed by atoms with van der Waals surface area (Å²) < 4.78 is 7.76. The van der Waals surface area contributed by atoms with Crippen molar-refractivity contribution in [2.45, 2.75) is 46.3 Å². The third kappa shape index (κ3) is 3.42. The summed E-state index contributed by atoms with van der Waals surface area (Å²) in [5, 5.41) is 0. The largest absolute Gasteiger partial charge is 0.377 e. The van der Waals surface area contributed by atoms with Crippen molar-refractivity contribution in [2.75, 3.05) is 18.1 Å². The van der Waals surface area contributed by atoms with Crippen molar-refractivity contribution in [1.29, 1.82) is 0 Å². The Bertz CT molecular complexity index is 447. The van der Waals surface area contributed by atoms with Crippen LogP contribution in [-0.4, -0.2) is 34.6 Å². The molecule has 106 valence electrons. The first-order valence-corrected chi connectivity index (χ1v) is 8.18. The number of ether oxygens (including phenoxy) is 1. The Hall–Kier alpha value is -0.740. The molecule has 1 atom stereocenters. The van der Waals surface area contributed by atoms with E-state index in [0.29, 0.717) is 11.9 Å². The Kier molecular flexibility index (Phi) is 5.11. The molecule has 1 aromatic rings. The zero-order chi connectivity index (χ0) is 13.8. The van der Waals surface area contributed by atoms with Gasteiger partial charge in [-0.15, -0.1) is 0 Å². The molecule has 2 heterocycles. The Morgan fingerprint density at radius 3 is 2.89 bits per heavy atom. The van der Waals surface area contributed by atoms with Crippen molar-refractivity contribution in [1.82, 2.24) is 4.57 Å². The number of hydrogen-bond acceptors (Lipinski definition) is 3. The first kappa shape index (κ1) is 14.7. The zero-order valence-corrected chi connectivity index (χ0v) is 12.9. The molecule has 1 aromatic heterocycles. The molecule has 1 aliphatic heterocycles. The van der Waals surface area contributed by atoms with Crippen molar-refractivity contribution in [2.24, 2.45) is 0 Å². The lowest BCUT2D eigenvalue weighted by molar-refractivity contribution is 0.102. The summed E-state index contributed by atoms with van der Waals surface area (Å²) in [4.78, 5) is 12.2. The van der Waals surface area contributed by atoms with Gasteiger partial charge in [0.2, 0.25) is 0 Å². The van der Waals surface area contributed by atoms with Crippen molar-refractivity contribution in [3.8, 4) is 0 Å².